The van der Waals surface area contributed by atoms with E-state index in [-0.39, 0.29) is 12.6 Å². The van der Waals surface area contributed by atoms with Crippen LogP contribution in [-0.4, -0.2) is 35.8 Å². The second kappa shape index (κ2) is 9.50. The highest BCUT2D eigenvalue weighted by Crippen LogP contribution is 2.39. The Morgan fingerprint density at radius 1 is 0.933 bits per heavy atom. The van der Waals surface area contributed by atoms with Crippen LogP contribution in [0, 0.1) is 13.8 Å². The summed E-state index contributed by atoms with van der Waals surface area (Å²) in [5.41, 5.74) is 1.71. The topological polar surface area (TPSA) is 70.5 Å². The lowest BCUT2D eigenvalue weighted by molar-refractivity contribution is -0.166. The Hall–Kier alpha value is -3.25. The van der Waals surface area contributed by atoms with Gasteiger partial charge in [-0.3, -0.25) is 0 Å². The average molecular weight is 406 g/mol. The Morgan fingerprint density at radius 3 is 1.87 bits per heavy atom. The van der Waals surface area contributed by atoms with Gasteiger partial charge >= 0.3 is 12.0 Å². The van der Waals surface area contributed by atoms with E-state index in [1.54, 1.807) is 14.0 Å². The molecule has 0 radical (unpaired) electrons. The molecule has 0 saturated heterocycles. The van der Waals surface area contributed by atoms with E-state index in [9.17, 15) is 4.79 Å². The Kier molecular flexibility index (Phi) is 6.79. The zero-order valence-electron chi connectivity index (χ0n) is 17.7. The van der Waals surface area contributed by atoms with Gasteiger partial charge in [-0.05, 0) is 38.0 Å². The summed E-state index contributed by atoms with van der Waals surface area (Å²) in [5, 5.41) is 0. The van der Waals surface area contributed by atoms with E-state index in [1.807, 2.05) is 80.6 Å². The SMILES string of the molecule is CCOC(=O)[C@@H](Oc1nc(C)cc(C)n1)C(OC)(c1ccccc1)c1ccccc1. The van der Waals surface area contributed by atoms with Crippen LogP contribution in [0.25, 0.3) is 0 Å². The fourth-order valence-corrected chi connectivity index (χ4v) is 3.55. The fraction of sp³-hybridized carbons (Fsp3) is 0.292. The van der Waals surface area contributed by atoms with Gasteiger partial charge in [0.2, 0.25) is 6.10 Å². The van der Waals surface area contributed by atoms with Crippen LogP contribution in [0.3, 0.4) is 0 Å². The molecule has 156 valence electrons. The molecule has 6 heteroatoms. The van der Waals surface area contributed by atoms with Gasteiger partial charge in [-0.2, -0.15) is 0 Å². The first-order valence-electron chi connectivity index (χ1n) is 9.83. The largest absolute Gasteiger partial charge is 0.463 e. The highest BCUT2D eigenvalue weighted by Gasteiger charge is 2.50. The van der Waals surface area contributed by atoms with Crippen molar-refractivity contribution in [3.05, 3.63) is 89.2 Å². The molecule has 1 atom stereocenters. The fourth-order valence-electron chi connectivity index (χ4n) is 3.55. The summed E-state index contributed by atoms with van der Waals surface area (Å²) in [5.74, 6) is -0.560. The van der Waals surface area contributed by atoms with Crippen molar-refractivity contribution in [2.24, 2.45) is 0 Å². The number of hydrogen-bond acceptors (Lipinski definition) is 6. The maximum absolute atomic E-state index is 13.2. The molecule has 0 saturated carbocycles. The standard InChI is InChI=1S/C24H26N2O4/c1-5-29-22(27)21(30-23-25-17(2)16-18(3)26-23)24(28-4,19-12-8-6-9-13-19)20-14-10-7-11-15-20/h6-16,21H,5H2,1-4H3/t21-/m1/s1. The van der Waals surface area contributed by atoms with E-state index in [1.165, 1.54) is 0 Å². The molecule has 0 fully saturated rings. The molecule has 3 rings (SSSR count). The molecular formula is C24H26N2O4. The summed E-state index contributed by atoms with van der Waals surface area (Å²) in [7, 11) is 1.55. The van der Waals surface area contributed by atoms with Crippen LogP contribution in [0.2, 0.25) is 0 Å². The summed E-state index contributed by atoms with van der Waals surface area (Å²) in [6, 6.07) is 20.9. The van der Waals surface area contributed by atoms with Crippen molar-refractivity contribution in [3.63, 3.8) is 0 Å². The van der Waals surface area contributed by atoms with E-state index >= 15 is 0 Å². The van der Waals surface area contributed by atoms with Gasteiger partial charge in [0.05, 0.1) is 6.61 Å². The van der Waals surface area contributed by atoms with Crippen molar-refractivity contribution in [1.29, 1.82) is 0 Å². The van der Waals surface area contributed by atoms with Gasteiger partial charge in [0.25, 0.3) is 0 Å². The zero-order valence-corrected chi connectivity index (χ0v) is 17.7. The van der Waals surface area contributed by atoms with Gasteiger partial charge in [-0.25, -0.2) is 14.8 Å². The van der Waals surface area contributed by atoms with Crippen molar-refractivity contribution in [1.82, 2.24) is 9.97 Å². The van der Waals surface area contributed by atoms with Crippen LogP contribution in [0.1, 0.15) is 29.4 Å². The molecule has 0 amide bonds. The summed E-state index contributed by atoms with van der Waals surface area (Å²) >= 11 is 0. The van der Waals surface area contributed by atoms with Crippen LogP contribution in [0.4, 0.5) is 0 Å². The second-order valence-corrected chi connectivity index (χ2v) is 6.86. The number of methoxy groups -OCH3 is 1. The highest BCUT2D eigenvalue weighted by atomic mass is 16.6. The minimum Gasteiger partial charge on any atom is -0.463 e. The molecular weight excluding hydrogens is 380 g/mol. The van der Waals surface area contributed by atoms with Gasteiger partial charge in [0.15, 0.2) is 5.60 Å². The normalized spacial score (nSPS) is 12.3. The Labute approximate surface area is 176 Å². The number of rotatable bonds is 8. The third-order valence-electron chi connectivity index (χ3n) is 4.78. The molecule has 2 aromatic carbocycles. The molecule has 1 aromatic heterocycles. The smallest absolute Gasteiger partial charge is 0.351 e. The molecule has 0 bridgehead atoms. The number of carbonyl (C=O) groups is 1. The molecule has 0 aliphatic rings. The van der Waals surface area contributed by atoms with Gasteiger partial charge in [0, 0.05) is 18.5 Å². The van der Waals surface area contributed by atoms with Gasteiger partial charge in [-0.15, -0.1) is 0 Å². The zero-order chi connectivity index (χ0) is 21.6. The predicted molar refractivity (Wildman–Crippen MR) is 113 cm³/mol. The van der Waals surface area contributed by atoms with Gasteiger partial charge < -0.3 is 14.2 Å². The number of nitrogens with zero attached hydrogens (tertiary/aromatic N) is 2. The minimum absolute atomic E-state index is 0.0961. The third-order valence-corrected chi connectivity index (χ3v) is 4.78. The van der Waals surface area contributed by atoms with Crippen LogP contribution < -0.4 is 4.74 Å². The van der Waals surface area contributed by atoms with E-state index in [2.05, 4.69) is 9.97 Å². The van der Waals surface area contributed by atoms with E-state index in [4.69, 9.17) is 14.2 Å². The maximum atomic E-state index is 13.2. The average Bonchev–Trinajstić information content (AvgIpc) is 2.75. The molecule has 0 aliphatic heterocycles. The predicted octanol–water partition coefficient (Wildman–Crippen LogP) is 3.99. The summed E-state index contributed by atoms with van der Waals surface area (Å²) in [6.45, 7) is 5.65. The highest BCUT2D eigenvalue weighted by molar-refractivity contribution is 5.78. The van der Waals surface area contributed by atoms with Crippen molar-refractivity contribution < 1.29 is 19.0 Å². The number of benzene rings is 2. The first kappa shape index (κ1) is 21.5. The van der Waals surface area contributed by atoms with E-state index in [0.717, 1.165) is 22.5 Å². The quantitative estimate of drug-likeness (QED) is 0.527. The van der Waals surface area contributed by atoms with Crippen molar-refractivity contribution in [2.45, 2.75) is 32.5 Å². The number of carbonyl (C=O) groups excluding carboxylic acids is 1. The van der Waals surface area contributed by atoms with Crippen LogP contribution in [0.15, 0.2) is 66.7 Å². The Bertz CT molecular complexity index is 917. The first-order chi connectivity index (χ1) is 14.5. The van der Waals surface area contributed by atoms with Gasteiger partial charge in [0.1, 0.15) is 0 Å². The van der Waals surface area contributed by atoms with Crippen molar-refractivity contribution in [2.75, 3.05) is 13.7 Å². The second-order valence-electron chi connectivity index (χ2n) is 6.86. The van der Waals surface area contributed by atoms with Crippen LogP contribution >= 0.6 is 0 Å². The number of aromatic nitrogens is 2. The van der Waals surface area contributed by atoms with E-state index < -0.39 is 17.7 Å². The molecule has 0 aliphatic carbocycles. The lowest BCUT2D eigenvalue weighted by Crippen LogP contribution is -2.51. The number of aryl methyl sites for hydroxylation is 2. The summed E-state index contributed by atoms with van der Waals surface area (Å²) < 4.78 is 17.6. The molecule has 6 nitrogen and oxygen atoms in total. The Balaban J connectivity index is 2.22. The van der Waals surface area contributed by atoms with Crippen molar-refractivity contribution in [3.8, 4) is 6.01 Å². The molecule has 3 aromatic rings. The molecule has 1 heterocycles. The lowest BCUT2D eigenvalue weighted by atomic mass is 9.81. The molecule has 30 heavy (non-hydrogen) atoms. The number of hydrogen-bond donors (Lipinski definition) is 0. The first-order valence-corrected chi connectivity index (χ1v) is 9.83. The maximum Gasteiger partial charge on any atom is 0.351 e. The summed E-state index contributed by atoms with van der Waals surface area (Å²) in [4.78, 5) is 21.9. The minimum atomic E-state index is -1.27. The third kappa shape index (κ3) is 4.33. The Morgan fingerprint density at radius 2 is 1.43 bits per heavy atom. The molecule has 0 N–H and O–H groups in total. The van der Waals surface area contributed by atoms with Crippen LogP contribution in [-0.2, 0) is 19.9 Å². The molecule has 0 spiro atoms. The van der Waals surface area contributed by atoms with E-state index in [0.29, 0.717) is 0 Å². The summed E-state index contributed by atoms with van der Waals surface area (Å²) in [6.07, 6.45) is -1.17. The van der Waals surface area contributed by atoms with Gasteiger partial charge in [-0.1, -0.05) is 60.7 Å². The monoisotopic (exact) mass is 406 g/mol. The lowest BCUT2D eigenvalue weighted by Gasteiger charge is -2.38. The molecule has 0 unspecified atom stereocenters. The number of ether oxygens (including phenoxy) is 3. The van der Waals surface area contributed by atoms with Crippen LogP contribution in [0.5, 0.6) is 6.01 Å². The van der Waals surface area contributed by atoms with Crippen molar-refractivity contribution >= 4 is 5.97 Å². The number of esters is 1.